The van der Waals surface area contributed by atoms with Crippen molar-refractivity contribution in [2.45, 2.75) is 13.2 Å². The SMILES string of the molecule is COc1ccc(/C=C2/SC(=O)N(Cc3ccccc3Br)C2=O)cc1OCc1c(F)cccc1Cl. The Kier molecular flexibility index (Phi) is 7.60. The molecule has 0 atom stereocenters. The molecule has 1 fully saturated rings. The molecule has 0 aromatic heterocycles. The molecule has 3 aromatic rings. The van der Waals surface area contributed by atoms with Gasteiger partial charge in [-0.25, -0.2) is 4.39 Å². The number of hydrogen-bond donors (Lipinski definition) is 0. The molecule has 1 aliphatic rings. The number of methoxy groups -OCH3 is 1. The summed E-state index contributed by atoms with van der Waals surface area (Å²) in [6.07, 6.45) is 1.62. The summed E-state index contributed by atoms with van der Waals surface area (Å²) in [6.45, 7) is 0.0671. The minimum absolute atomic E-state index is 0.103. The predicted octanol–water partition coefficient (Wildman–Crippen LogP) is 7.07. The molecule has 1 heterocycles. The lowest BCUT2D eigenvalue weighted by Crippen LogP contribution is -2.27. The molecule has 0 aliphatic carbocycles. The van der Waals surface area contributed by atoms with E-state index in [9.17, 15) is 14.0 Å². The van der Waals surface area contributed by atoms with Crippen LogP contribution in [0.2, 0.25) is 5.02 Å². The van der Waals surface area contributed by atoms with Crippen molar-refractivity contribution in [3.05, 3.63) is 97.6 Å². The van der Waals surface area contributed by atoms with E-state index in [4.69, 9.17) is 21.1 Å². The standard InChI is InChI=1S/C25H18BrClFNO4S/c1-32-21-10-9-15(11-22(21)33-14-17-19(27)7-4-8-20(17)28)12-23-24(30)29(25(31)34-23)13-16-5-2-3-6-18(16)26/h2-12H,13-14H2,1H3/b23-12+. The second-order valence-corrected chi connectivity index (χ2v) is 9.51. The minimum Gasteiger partial charge on any atom is -0.493 e. The zero-order chi connectivity index (χ0) is 24.2. The molecule has 4 rings (SSSR count). The summed E-state index contributed by atoms with van der Waals surface area (Å²) in [5, 5.41) is -0.0833. The molecule has 34 heavy (non-hydrogen) atoms. The average molecular weight is 563 g/mol. The monoisotopic (exact) mass is 561 g/mol. The summed E-state index contributed by atoms with van der Waals surface area (Å²) in [4.78, 5) is 26.9. The minimum atomic E-state index is -0.471. The van der Waals surface area contributed by atoms with E-state index in [1.54, 1.807) is 30.3 Å². The van der Waals surface area contributed by atoms with Gasteiger partial charge in [0.2, 0.25) is 0 Å². The van der Waals surface area contributed by atoms with Crippen LogP contribution in [-0.2, 0) is 17.9 Å². The third-order valence-electron chi connectivity index (χ3n) is 5.08. The van der Waals surface area contributed by atoms with Gasteiger partial charge in [-0.2, -0.15) is 0 Å². The van der Waals surface area contributed by atoms with E-state index in [0.29, 0.717) is 22.0 Å². The largest absolute Gasteiger partial charge is 0.493 e. The summed E-state index contributed by atoms with van der Waals surface area (Å²) < 4.78 is 26.1. The molecular weight excluding hydrogens is 545 g/mol. The lowest BCUT2D eigenvalue weighted by atomic mass is 10.1. The van der Waals surface area contributed by atoms with E-state index in [0.717, 1.165) is 21.8 Å². The first-order valence-corrected chi connectivity index (χ1v) is 12.1. The first-order chi connectivity index (χ1) is 16.4. The number of rotatable bonds is 7. The third-order valence-corrected chi connectivity index (χ3v) is 7.11. The van der Waals surface area contributed by atoms with Crippen LogP contribution in [0.15, 0.2) is 70.0 Å². The van der Waals surface area contributed by atoms with Gasteiger partial charge >= 0.3 is 0 Å². The molecule has 0 unspecified atom stereocenters. The highest BCUT2D eigenvalue weighted by atomic mass is 79.9. The molecule has 0 bridgehead atoms. The zero-order valence-corrected chi connectivity index (χ0v) is 21.0. The number of carbonyl (C=O) groups is 2. The summed E-state index contributed by atoms with van der Waals surface area (Å²) in [7, 11) is 1.49. The molecular formula is C25H18BrClFNO4S. The van der Waals surface area contributed by atoms with Gasteiger partial charge in [-0.05, 0) is 59.3 Å². The highest BCUT2D eigenvalue weighted by Gasteiger charge is 2.35. The van der Waals surface area contributed by atoms with E-state index in [1.165, 1.54) is 24.1 Å². The first-order valence-electron chi connectivity index (χ1n) is 10.1. The lowest BCUT2D eigenvalue weighted by molar-refractivity contribution is -0.123. The molecule has 2 amide bonds. The van der Waals surface area contributed by atoms with Crippen LogP contribution in [0.1, 0.15) is 16.7 Å². The zero-order valence-electron chi connectivity index (χ0n) is 17.9. The van der Waals surface area contributed by atoms with Crippen molar-refractivity contribution in [3.8, 4) is 11.5 Å². The number of amides is 2. The number of hydrogen-bond acceptors (Lipinski definition) is 5. The lowest BCUT2D eigenvalue weighted by Gasteiger charge is -2.14. The van der Waals surface area contributed by atoms with Gasteiger partial charge in [0, 0.05) is 10.0 Å². The van der Waals surface area contributed by atoms with Crippen LogP contribution in [0.25, 0.3) is 6.08 Å². The van der Waals surface area contributed by atoms with E-state index in [2.05, 4.69) is 15.9 Å². The normalized spacial score (nSPS) is 14.7. The summed E-state index contributed by atoms with van der Waals surface area (Å²) >= 11 is 10.4. The second-order valence-electron chi connectivity index (χ2n) is 7.26. The summed E-state index contributed by atoms with van der Waals surface area (Å²) in [5.74, 6) is -0.0572. The molecule has 1 aliphatic heterocycles. The van der Waals surface area contributed by atoms with E-state index in [-0.39, 0.29) is 34.9 Å². The number of imide groups is 1. The Morgan fingerprint density at radius 2 is 1.88 bits per heavy atom. The Labute approximate surface area is 213 Å². The number of thioether (sulfide) groups is 1. The molecule has 9 heteroatoms. The Morgan fingerprint density at radius 1 is 1.09 bits per heavy atom. The van der Waals surface area contributed by atoms with Crippen molar-refractivity contribution in [2.24, 2.45) is 0 Å². The van der Waals surface area contributed by atoms with Crippen LogP contribution >= 0.6 is 39.3 Å². The molecule has 174 valence electrons. The van der Waals surface area contributed by atoms with Gasteiger partial charge in [0.05, 0.1) is 23.6 Å². The van der Waals surface area contributed by atoms with Gasteiger partial charge in [-0.3, -0.25) is 14.5 Å². The fourth-order valence-electron chi connectivity index (χ4n) is 3.30. The Bertz CT molecular complexity index is 1280. The number of ether oxygens (including phenoxy) is 2. The molecule has 1 saturated heterocycles. The highest BCUT2D eigenvalue weighted by Crippen LogP contribution is 2.36. The van der Waals surface area contributed by atoms with Gasteiger partial charge in [-0.15, -0.1) is 0 Å². The quantitative estimate of drug-likeness (QED) is 0.288. The van der Waals surface area contributed by atoms with Gasteiger partial charge < -0.3 is 9.47 Å². The average Bonchev–Trinajstić information content (AvgIpc) is 3.07. The van der Waals surface area contributed by atoms with E-state index < -0.39 is 5.82 Å². The van der Waals surface area contributed by atoms with Crippen LogP contribution < -0.4 is 9.47 Å². The predicted molar refractivity (Wildman–Crippen MR) is 134 cm³/mol. The van der Waals surface area contributed by atoms with Crippen LogP contribution in [0.4, 0.5) is 9.18 Å². The fraction of sp³-hybridized carbons (Fsp3) is 0.120. The number of nitrogens with zero attached hydrogens (tertiary/aromatic N) is 1. The molecule has 0 spiro atoms. The van der Waals surface area contributed by atoms with E-state index >= 15 is 0 Å². The van der Waals surface area contributed by atoms with Gasteiger partial charge in [0.15, 0.2) is 11.5 Å². The molecule has 0 radical (unpaired) electrons. The first kappa shape index (κ1) is 24.3. The van der Waals surface area contributed by atoms with Crippen LogP contribution in [-0.4, -0.2) is 23.2 Å². The molecule has 0 saturated carbocycles. The molecule has 0 N–H and O–H groups in total. The number of carbonyl (C=O) groups excluding carboxylic acids is 2. The summed E-state index contributed by atoms with van der Waals surface area (Å²) in [5.41, 5.74) is 1.68. The van der Waals surface area contributed by atoms with Crippen molar-refractivity contribution in [3.63, 3.8) is 0 Å². The smallest absolute Gasteiger partial charge is 0.293 e. The van der Waals surface area contributed by atoms with Crippen molar-refractivity contribution in [1.82, 2.24) is 4.90 Å². The van der Waals surface area contributed by atoms with Crippen LogP contribution in [0, 0.1) is 5.82 Å². The maximum Gasteiger partial charge on any atom is 0.293 e. The van der Waals surface area contributed by atoms with Crippen molar-refractivity contribution in [1.29, 1.82) is 0 Å². The Hall–Kier alpha value is -2.81. The van der Waals surface area contributed by atoms with Gasteiger partial charge in [-0.1, -0.05) is 57.9 Å². The highest BCUT2D eigenvalue weighted by molar-refractivity contribution is 9.10. The van der Waals surface area contributed by atoms with Crippen LogP contribution in [0.3, 0.4) is 0 Å². The second kappa shape index (κ2) is 10.6. The third kappa shape index (κ3) is 5.29. The van der Waals surface area contributed by atoms with E-state index in [1.807, 2.05) is 24.3 Å². The number of halogens is 3. The van der Waals surface area contributed by atoms with Crippen molar-refractivity contribution in [2.75, 3.05) is 7.11 Å². The fourth-order valence-corrected chi connectivity index (χ4v) is 4.77. The Morgan fingerprint density at radius 3 is 2.62 bits per heavy atom. The Balaban J connectivity index is 1.55. The molecule has 3 aromatic carbocycles. The molecule has 5 nitrogen and oxygen atoms in total. The van der Waals surface area contributed by atoms with Crippen molar-refractivity contribution < 1.29 is 23.5 Å². The summed E-state index contributed by atoms with van der Waals surface area (Å²) in [6, 6.07) is 16.9. The number of benzene rings is 3. The van der Waals surface area contributed by atoms with Crippen LogP contribution in [0.5, 0.6) is 11.5 Å². The maximum atomic E-state index is 14.1. The van der Waals surface area contributed by atoms with Gasteiger partial charge in [0.1, 0.15) is 12.4 Å². The topological polar surface area (TPSA) is 55.8 Å². The van der Waals surface area contributed by atoms with Crippen molar-refractivity contribution >= 4 is 56.5 Å². The maximum absolute atomic E-state index is 14.1. The van der Waals surface area contributed by atoms with Gasteiger partial charge in [0.25, 0.3) is 11.1 Å².